The third kappa shape index (κ3) is 5.94. The maximum atomic E-state index is 11.8. The van der Waals surface area contributed by atoms with Gasteiger partial charge >= 0.3 is 0 Å². The highest BCUT2D eigenvalue weighted by Crippen LogP contribution is 2.19. The third-order valence-electron chi connectivity index (χ3n) is 2.66. The van der Waals surface area contributed by atoms with Gasteiger partial charge in [0.2, 0.25) is 0 Å². The number of nitrogen functional groups attached to an aromatic ring is 1. The number of hydrogen-bond acceptors (Lipinski definition) is 3. The Hall–Kier alpha value is -1.26. The van der Waals surface area contributed by atoms with Crippen molar-refractivity contribution in [3.63, 3.8) is 0 Å². The number of carbonyl (C=O) groups excluding carboxylic acids is 1. The second kappa shape index (κ2) is 8.77. The molecule has 0 fully saturated rings. The lowest BCUT2D eigenvalue weighted by Crippen LogP contribution is -2.25. The predicted octanol–water partition coefficient (Wildman–Crippen LogP) is 2.86. The summed E-state index contributed by atoms with van der Waals surface area (Å²) in [7, 11) is 0. The minimum absolute atomic E-state index is 0.143. The Bertz CT molecular complexity index is 410. The van der Waals surface area contributed by atoms with Gasteiger partial charge in [-0.2, -0.15) is 0 Å². The van der Waals surface area contributed by atoms with E-state index in [0.29, 0.717) is 29.4 Å². The molecule has 0 unspecified atom stereocenters. The number of nitrogens with one attached hydrogen (secondary N) is 1. The first-order chi connectivity index (χ1) is 9.15. The molecule has 0 aliphatic carbocycles. The number of hydrogen-bond donors (Lipinski definition) is 2. The fourth-order valence-corrected chi connectivity index (χ4v) is 1.68. The normalized spacial score (nSPS) is 10.4. The monoisotopic (exact) mass is 284 g/mol. The van der Waals surface area contributed by atoms with E-state index in [9.17, 15) is 4.79 Å². The lowest BCUT2D eigenvalue weighted by atomic mass is 10.2. The number of halogens is 1. The minimum Gasteiger partial charge on any atom is -0.398 e. The molecule has 0 saturated carbocycles. The van der Waals surface area contributed by atoms with Crippen molar-refractivity contribution in [1.29, 1.82) is 0 Å². The van der Waals surface area contributed by atoms with Gasteiger partial charge in [0.15, 0.2) is 0 Å². The van der Waals surface area contributed by atoms with Gasteiger partial charge in [-0.1, -0.05) is 24.9 Å². The molecule has 5 heteroatoms. The van der Waals surface area contributed by atoms with E-state index in [1.54, 1.807) is 18.2 Å². The third-order valence-corrected chi connectivity index (χ3v) is 2.98. The average molecular weight is 285 g/mol. The quantitative estimate of drug-likeness (QED) is 0.570. The molecule has 0 bridgehead atoms. The maximum Gasteiger partial charge on any atom is 0.251 e. The predicted molar refractivity (Wildman–Crippen MR) is 78.5 cm³/mol. The van der Waals surface area contributed by atoms with E-state index in [1.165, 1.54) is 0 Å². The minimum atomic E-state index is -0.143. The molecule has 4 nitrogen and oxygen atoms in total. The number of anilines is 1. The van der Waals surface area contributed by atoms with Crippen LogP contribution in [0.15, 0.2) is 18.2 Å². The molecular weight excluding hydrogens is 264 g/mol. The van der Waals surface area contributed by atoms with E-state index in [2.05, 4.69) is 12.2 Å². The van der Waals surface area contributed by atoms with E-state index < -0.39 is 0 Å². The van der Waals surface area contributed by atoms with E-state index in [4.69, 9.17) is 22.1 Å². The Balaban J connectivity index is 2.22. The molecule has 0 aromatic heterocycles. The van der Waals surface area contributed by atoms with Gasteiger partial charge in [0.25, 0.3) is 5.91 Å². The zero-order valence-corrected chi connectivity index (χ0v) is 12.0. The Labute approximate surface area is 119 Å². The van der Waals surface area contributed by atoms with Crippen LogP contribution in [0.2, 0.25) is 5.02 Å². The molecule has 0 radical (unpaired) electrons. The van der Waals surface area contributed by atoms with Gasteiger partial charge in [-0.05, 0) is 31.0 Å². The number of rotatable bonds is 8. The van der Waals surface area contributed by atoms with Crippen molar-refractivity contribution in [2.45, 2.75) is 26.2 Å². The van der Waals surface area contributed by atoms with Crippen LogP contribution in [0.5, 0.6) is 0 Å². The van der Waals surface area contributed by atoms with Gasteiger partial charge in [0.1, 0.15) is 0 Å². The smallest absolute Gasteiger partial charge is 0.251 e. The van der Waals surface area contributed by atoms with Gasteiger partial charge in [0.05, 0.1) is 10.7 Å². The first-order valence-electron chi connectivity index (χ1n) is 6.56. The lowest BCUT2D eigenvalue weighted by Gasteiger charge is -2.07. The molecule has 1 rings (SSSR count). The molecule has 0 heterocycles. The summed E-state index contributed by atoms with van der Waals surface area (Å²) in [5.74, 6) is -0.143. The van der Waals surface area contributed by atoms with Gasteiger partial charge in [-0.3, -0.25) is 4.79 Å². The molecule has 0 atom stereocenters. The van der Waals surface area contributed by atoms with Gasteiger partial charge in [-0.15, -0.1) is 0 Å². The van der Waals surface area contributed by atoms with Crippen LogP contribution in [0.3, 0.4) is 0 Å². The van der Waals surface area contributed by atoms with Crippen molar-refractivity contribution in [3.8, 4) is 0 Å². The zero-order chi connectivity index (χ0) is 14.1. The summed E-state index contributed by atoms with van der Waals surface area (Å²) in [6, 6.07) is 4.86. The molecule has 0 spiro atoms. The second-order valence-corrected chi connectivity index (χ2v) is 4.72. The van der Waals surface area contributed by atoms with Crippen molar-refractivity contribution in [1.82, 2.24) is 5.32 Å². The molecular formula is C14H21ClN2O2. The summed E-state index contributed by atoms with van der Waals surface area (Å²) in [6.07, 6.45) is 3.02. The molecule has 19 heavy (non-hydrogen) atoms. The summed E-state index contributed by atoms with van der Waals surface area (Å²) in [4.78, 5) is 11.8. The van der Waals surface area contributed by atoms with Crippen LogP contribution in [0.1, 0.15) is 36.5 Å². The molecule has 106 valence electrons. The van der Waals surface area contributed by atoms with E-state index in [0.717, 1.165) is 25.9 Å². The van der Waals surface area contributed by atoms with Crippen LogP contribution in [0.25, 0.3) is 0 Å². The molecule has 0 aliphatic rings. The van der Waals surface area contributed by atoms with Crippen LogP contribution in [0.4, 0.5) is 5.69 Å². The fourth-order valence-electron chi connectivity index (χ4n) is 1.50. The standard InChI is InChI=1S/C14H21ClN2O2/c1-2-3-8-19-9-4-7-17-14(18)11-5-6-13(16)12(15)10-11/h5-6,10H,2-4,7-9,16H2,1H3,(H,17,18). The average Bonchev–Trinajstić information content (AvgIpc) is 2.40. The van der Waals surface area contributed by atoms with Crippen molar-refractivity contribution in [2.24, 2.45) is 0 Å². The Kier molecular flexibility index (Phi) is 7.30. The zero-order valence-electron chi connectivity index (χ0n) is 11.2. The van der Waals surface area contributed by atoms with Gasteiger partial charge in [-0.25, -0.2) is 0 Å². The van der Waals surface area contributed by atoms with Gasteiger partial charge in [0, 0.05) is 25.3 Å². The SMILES string of the molecule is CCCCOCCCNC(=O)c1ccc(N)c(Cl)c1. The summed E-state index contributed by atoms with van der Waals surface area (Å²) < 4.78 is 5.41. The lowest BCUT2D eigenvalue weighted by molar-refractivity contribution is 0.0940. The first kappa shape index (κ1) is 15.8. The van der Waals surface area contributed by atoms with E-state index in [1.807, 2.05) is 0 Å². The number of benzene rings is 1. The fraction of sp³-hybridized carbons (Fsp3) is 0.500. The molecule has 1 aromatic rings. The van der Waals surface area contributed by atoms with Crippen LogP contribution in [0, 0.1) is 0 Å². The van der Waals surface area contributed by atoms with Crippen LogP contribution >= 0.6 is 11.6 Å². The number of carbonyl (C=O) groups is 1. The number of ether oxygens (including phenoxy) is 1. The topological polar surface area (TPSA) is 64.3 Å². The van der Waals surface area contributed by atoms with Crippen LogP contribution in [-0.2, 0) is 4.74 Å². The van der Waals surface area contributed by atoms with Gasteiger partial charge < -0.3 is 15.8 Å². The van der Waals surface area contributed by atoms with Crippen molar-refractivity contribution in [2.75, 3.05) is 25.5 Å². The molecule has 1 aromatic carbocycles. The maximum absolute atomic E-state index is 11.8. The number of nitrogens with two attached hydrogens (primary N) is 1. The summed E-state index contributed by atoms with van der Waals surface area (Å²) in [5.41, 5.74) is 6.58. The van der Waals surface area contributed by atoms with E-state index in [-0.39, 0.29) is 5.91 Å². The van der Waals surface area contributed by atoms with Crippen LogP contribution in [-0.4, -0.2) is 25.7 Å². The van der Waals surface area contributed by atoms with E-state index >= 15 is 0 Å². The Morgan fingerprint density at radius 3 is 2.79 bits per heavy atom. The molecule has 1 amide bonds. The highest BCUT2D eigenvalue weighted by molar-refractivity contribution is 6.33. The highest BCUT2D eigenvalue weighted by atomic mass is 35.5. The highest BCUT2D eigenvalue weighted by Gasteiger charge is 2.06. The van der Waals surface area contributed by atoms with Crippen LogP contribution < -0.4 is 11.1 Å². The Morgan fingerprint density at radius 2 is 2.11 bits per heavy atom. The second-order valence-electron chi connectivity index (χ2n) is 4.31. The molecule has 0 aliphatic heterocycles. The largest absolute Gasteiger partial charge is 0.398 e. The van der Waals surface area contributed by atoms with Crippen molar-refractivity contribution in [3.05, 3.63) is 28.8 Å². The summed E-state index contributed by atoms with van der Waals surface area (Å²) >= 11 is 5.87. The summed E-state index contributed by atoms with van der Waals surface area (Å²) in [5, 5.41) is 3.22. The Morgan fingerprint density at radius 1 is 1.37 bits per heavy atom. The molecule has 0 saturated heterocycles. The van der Waals surface area contributed by atoms with Crippen molar-refractivity contribution < 1.29 is 9.53 Å². The first-order valence-corrected chi connectivity index (χ1v) is 6.94. The molecule has 3 N–H and O–H groups in total. The number of amides is 1. The summed E-state index contributed by atoms with van der Waals surface area (Å²) in [6.45, 7) is 4.18. The number of unbranched alkanes of at least 4 members (excludes halogenated alkanes) is 1. The van der Waals surface area contributed by atoms with Crippen molar-refractivity contribution >= 4 is 23.2 Å².